The maximum absolute atomic E-state index is 13.0. The highest BCUT2D eigenvalue weighted by molar-refractivity contribution is 5.93. The molecule has 1 heterocycles. The number of hydrogen-bond donors (Lipinski definition) is 1. The zero-order chi connectivity index (χ0) is 17.7. The Morgan fingerprint density at radius 1 is 1.32 bits per heavy atom. The van der Waals surface area contributed by atoms with E-state index in [9.17, 15) is 9.18 Å². The molecule has 3 rings (SSSR count). The first-order chi connectivity index (χ1) is 12.1. The summed E-state index contributed by atoms with van der Waals surface area (Å²) in [5.41, 5.74) is 2.91. The maximum atomic E-state index is 13.0. The van der Waals surface area contributed by atoms with E-state index in [1.165, 1.54) is 12.1 Å². The Labute approximate surface area is 144 Å². The van der Waals surface area contributed by atoms with E-state index >= 15 is 0 Å². The molecule has 2 aromatic rings. The molecule has 2 aromatic carbocycles. The van der Waals surface area contributed by atoms with Crippen LogP contribution in [0.1, 0.15) is 15.9 Å². The van der Waals surface area contributed by atoms with Gasteiger partial charge in [0, 0.05) is 5.56 Å². The first-order valence-electron chi connectivity index (χ1n) is 7.61. The predicted molar refractivity (Wildman–Crippen MR) is 88.2 cm³/mol. The second-order valence-corrected chi connectivity index (χ2v) is 5.53. The first kappa shape index (κ1) is 17.0. The Kier molecular flexibility index (Phi) is 4.98. The number of nitrogens with one attached hydrogen (secondary N) is 1. The number of epoxide rings is 1. The van der Waals surface area contributed by atoms with E-state index in [1.54, 1.807) is 36.4 Å². The van der Waals surface area contributed by atoms with Crippen LogP contribution in [0.5, 0.6) is 5.75 Å². The highest BCUT2D eigenvalue weighted by atomic mass is 19.1. The molecule has 25 heavy (non-hydrogen) atoms. The molecule has 1 N–H and O–H groups in total. The zero-order valence-electron chi connectivity index (χ0n) is 13.3. The molecule has 0 saturated carbocycles. The second-order valence-electron chi connectivity index (χ2n) is 5.53. The van der Waals surface area contributed by atoms with E-state index in [1.807, 2.05) is 0 Å². The molecule has 0 bridgehead atoms. The van der Waals surface area contributed by atoms with Crippen LogP contribution in [0.4, 0.5) is 4.39 Å². The fourth-order valence-corrected chi connectivity index (χ4v) is 2.30. The van der Waals surface area contributed by atoms with Gasteiger partial charge in [0.2, 0.25) is 0 Å². The smallest absolute Gasteiger partial charge is 0.274 e. The lowest BCUT2D eigenvalue weighted by molar-refractivity contribution is 0.00726. The Bertz CT molecular complexity index is 794. The SMILES string of the molecule is C#CCOc1cccc(C(=O)NOCC2(c3ccc(F)cc3)CO2)c1. The molecule has 0 aliphatic carbocycles. The van der Waals surface area contributed by atoms with Gasteiger partial charge in [0.1, 0.15) is 30.4 Å². The van der Waals surface area contributed by atoms with Gasteiger partial charge in [-0.3, -0.25) is 9.63 Å². The maximum Gasteiger partial charge on any atom is 0.274 e. The summed E-state index contributed by atoms with van der Waals surface area (Å²) in [7, 11) is 0. The molecule has 1 atom stereocenters. The predicted octanol–water partition coefficient (Wildman–Crippen LogP) is 2.42. The highest BCUT2D eigenvalue weighted by Crippen LogP contribution is 2.38. The quantitative estimate of drug-likeness (QED) is 0.477. The average molecular weight is 341 g/mol. The van der Waals surface area contributed by atoms with Crippen molar-refractivity contribution in [1.29, 1.82) is 0 Å². The summed E-state index contributed by atoms with van der Waals surface area (Å²) in [5, 5.41) is 0. The summed E-state index contributed by atoms with van der Waals surface area (Å²) < 4.78 is 23.7. The van der Waals surface area contributed by atoms with E-state index in [4.69, 9.17) is 20.7 Å². The van der Waals surface area contributed by atoms with Gasteiger partial charge in [0.25, 0.3) is 5.91 Å². The van der Waals surface area contributed by atoms with Crippen molar-refractivity contribution in [2.45, 2.75) is 5.60 Å². The number of terminal acetylenes is 1. The number of carbonyl (C=O) groups is 1. The Morgan fingerprint density at radius 2 is 2.08 bits per heavy atom. The number of hydroxylamine groups is 1. The van der Waals surface area contributed by atoms with E-state index in [0.717, 1.165) is 5.56 Å². The average Bonchev–Trinajstić information content (AvgIpc) is 3.41. The number of rotatable bonds is 7. The van der Waals surface area contributed by atoms with Crippen molar-refractivity contribution in [2.75, 3.05) is 19.8 Å². The Balaban J connectivity index is 1.54. The lowest BCUT2D eigenvalue weighted by Gasteiger charge is -2.13. The monoisotopic (exact) mass is 341 g/mol. The third-order valence-electron chi connectivity index (χ3n) is 3.75. The fraction of sp³-hybridized carbons (Fsp3) is 0.211. The van der Waals surface area contributed by atoms with Crippen molar-refractivity contribution in [1.82, 2.24) is 5.48 Å². The van der Waals surface area contributed by atoms with Crippen molar-refractivity contribution >= 4 is 5.91 Å². The molecule has 1 amide bonds. The molecule has 6 heteroatoms. The molecule has 1 aliphatic rings. The van der Waals surface area contributed by atoms with E-state index in [0.29, 0.717) is 17.9 Å². The zero-order valence-corrected chi connectivity index (χ0v) is 13.3. The largest absolute Gasteiger partial charge is 0.481 e. The van der Waals surface area contributed by atoms with Crippen LogP contribution in [-0.4, -0.2) is 25.7 Å². The third-order valence-corrected chi connectivity index (χ3v) is 3.75. The molecule has 0 radical (unpaired) electrons. The van der Waals surface area contributed by atoms with Crippen molar-refractivity contribution in [3.05, 3.63) is 65.5 Å². The topological polar surface area (TPSA) is 60.1 Å². The number of ether oxygens (including phenoxy) is 2. The van der Waals surface area contributed by atoms with Crippen LogP contribution in [-0.2, 0) is 15.2 Å². The highest BCUT2D eigenvalue weighted by Gasteiger charge is 2.47. The van der Waals surface area contributed by atoms with Crippen LogP contribution >= 0.6 is 0 Å². The van der Waals surface area contributed by atoms with Gasteiger partial charge in [0.05, 0.1) is 6.61 Å². The molecule has 128 valence electrons. The summed E-state index contributed by atoms with van der Waals surface area (Å²) in [6, 6.07) is 12.6. The number of benzene rings is 2. The summed E-state index contributed by atoms with van der Waals surface area (Å²) in [6.45, 7) is 0.695. The minimum atomic E-state index is -0.640. The Hall–Kier alpha value is -2.88. The molecular formula is C19H16FNO4. The van der Waals surface area contributed by atoms with Crippen LogP contribution in [0.25, 0.3) is 0 Å². The van der Waals surface area contributed by atoms with Gasteiger partial charge in [-0.25, -0.2) is 9.87 Å². The molecule has 1 aliphatic heterocycles. The molecule has 0 spiro atoms. The number of carbonyl (C=O) groups excluding carboxylic acids is 1. The lowest BCUT2D eigenvalue weighted by atomic mass is 10.0. The molecule has 1 unspecified atom stereocenters. The van der Waals surface area contributed by atoms with Crippen molar-refractivity contribution in [3.8, 4) is 18.1 Å². The number of hydrogen-bond acceptors (Lipinski definition) is 4. The van der Waals surface area contributed by atoms with Gasteiger partial charge in [-0.2, -0.15) is 0 Å². The second kappa shape index (κ2) is 7.34. The minimum absolute atomic E-state index is 0.123. The molecule has 5 nitrogen and oxygen atoms in total. The summed E-state index contributed by atoms with van der Waals surface area (Å²) in [6.07, 6.45) is 5.14. The van der Waals surface area contributed by atoms with Gasteiger partial charge >= 0.3 is 0 Å². The third kappa shape index (κ3) is 4.15. The van der Waals surface area contributed by atoms with Crippen molar-refractivity contribution in [2.24, 2.45) is 0 Å². The molecule has 1 saturated heterocycles. The minimum Gasteiger partial charge on any atom is -0.481 e. The van der Waals surface area contributed by atoms with Gasteiger partial charge < -0.3 is 9.47 Å². The number of halogens is 1. The van der Waals surface area contributed by atoms with Crippen molar-refractivity contribution in [3.63, 3.8) is 0 Å². The van der Waals surface area contributed by atoms with E-state index in [-0.39, 0.29) is 19.0 Å². The first-order valence-corrected chi connectivity index (χ1v) is 7.61. The summed E-state index contributed by atoms with van der Waals surface area (Å²) in [4.78, 5) is 17.4. The molecular weight excluding hydrogens is 325 g/mol. The molecule has 1 fully saturated rings. The van der Waals surface area contributed by atoms with Gasteiger partial charge in [-0.15, -0.1) is 6.42 Å². The van der Waals surface area contributed by atoms with Crippen LogP contribution in [0.3, 0.4) is 0 Å². The van der Waals surface area contributed by atoms with Gasteiger partial charge in [-0.1, -0.05) is 24.1 Å². The van der Waals surface area contributed by atoms with Crippen LogP contribution in [0.2, 0.25) is 0 Å². The van der Waals surface area contributed by atoms with Crippen molar-refractivity contribution < 1.29 is 23.5 Å². The Morgan fingerprint density at radius 3 is 2.76 bits per heavy atom. The standard InChI is InChI=1S/C19H16FNO4/c1-2-10-23-17-5-3-4-14(11-17)18(22)21-25-13-19(12-24-19)15-6-8-16(20)9-7-15/h1,3-9,11H,10,12-13H2,(H,21,22). The number of amides is 1. The van der Waals surface area contributed by atoms with E-state index in [2.05, 4.69) is 11.4 Å². The lowest BCUT2D eigenvalue weighted by Crippen LogP contribution is -2.29. The fourth-order valence-electron chi connectivity index (χ4n) is 2.30. The van der Waals surface area contributed by atoms with Gasteiger partial charge in [0.15, 0.2) is 0 Å². The normalized spacial score (nSPS) is 18.2. The van der Waals surface area contributed by atoms with Gasteiger partial charge in [-0.05, 0) is 35.9 Å². The van der Waals surface area contributed by atoms with Crippen LogP contribution < -0.4 is 10.2 Å². The molecule has 0 aromatic heterocycles. The van der Waals surface area contributed by atoms with Crippen LogP contribution in [0.15, 0.2) is 48.5 Å². The summed E-state index contributed by atoms with van der Waals surface area (Å²) >= 11 is 0. The van der Waals surface area contributed by atoms with Crippen LogP contribution in [0, 0.1) is 18.2 Å². The van der Waals surface area contributed by atoms with E-state index < -0.39 is 11.5 Å². The summed E-state index contributed by atoms with van der Waals surface area (Å²) in [5.74, 6) is 2.12.